The van der Waals surface area contributed by atoms with Crippen LogP contribution in [0, 0.1) is 0 Å². The molecule has 0 radical (unpaired) electrons. The number of rotatable bonds is 7. The second-order valence-corrected chi connectivity index (χ2v) is 6.46. The molecule has 0 aliphatic carbocycles. The van der Waals surface area contributed by atoms with Gasteiger partial charge in [0.1, 0.15) is 5.75 Å². The summed E-state index contributed by atoms with van der Waals surface area (Å²) in [5, 5.41) is 2.94. The second kappa shape index (κ2) is 8.53. The standard InChI is InChI=1S/C21H27NO2/c1-5-16(4)17-10-12-18(13-11-17)24-14-21(23)22-20-9-7-6-8-19(20)15(2)3/h6-13,15-16H,5,14H2,1-4H3,(H,22,23)/t16-/m1/s1. The lowest BCUT2D eigenvalue weighted by atomic mass is 9.99. The Balaban J connectivity index is 1.92. The molecule has 0 saturated carbocycles. The van der Waals surface area contributed by atoms with Gasteiger partial charge in [0.25, 0.3) is 5.91 Å². The molecule has 1 atom stereocenters. The molecule has 24 heavy (non-hydrogen) atoms. The maximum Gasteiger partial charge on any atom is 0.262 e. The molecule has 3 heteroatoms. The maximum atomic E-state index is 12.1. The molecule has 0 aromatic heterocycles. The van der Waals surface area contributed by atoms with Crippen LogP contribution in [-0.4, -0.2) is 12.5 Å². The fourth-order valence-electron chi connectivity index (χ4n) is 2.58. The van der Waals surface area contributed by atoms with Gasteiger partial charge in [-0.1, -0.05) is 58.0 Å². The zero-order chi connectivity index (χ0) is 17.5. The molecule has 128 valence electrons. The first-order valence-electron chi connectivity index (χ1n) is 8.62. The quantitative estimate of drug-likeness (QED) is 0.746. The Bertz CT molecular complexity index is 662. The lowest BCUT2D eigenvalue weighted by molar-refractivity contribution is -0.118. The van der Waals surface area contributed by atoms with Crippen LogP contribution in [0.4, 0.5) is 5.69 Å². The molecule has 3 nitrogen and oxygen atoms in total. The molecule has 0 unspecified atom stereocenters. The van der Waals surface area contributed by atoms with E-state index in [4.69, 9.17) is 4.74 Å². The summed E-state index contributed by atoms with van der Waals surface area (Å²) in [6, 6.07) is 15.9. The van der Waals surface area contributed by atoms with Gasteiger partial charge in [0, 0.05) is 5.69 Å². The molecular formula is C21H27NO2. The number of hydrogen-bond acceptors (Lipinski definition) is 2. The predicted octanol–water partition coefficient (Wildman–Crippen LogP) is 5.34. The summed E-state index contributed by atoms with van der Waals surface area (Å²) in [5.41, 5.74) is 3.28. The van der Waals surface area contributed by atoms with Crippen LogP contribution in [0.1, 0.15) is 57.1 Å². The molecule has 0 fully saturated rings. The van der Waals surface area contributed by atoms with Crippen molar-refractivity contribution >= 4 is 11.6 Å². The number of nitrogens with one attached hydrogen (secondary N) is 1. The third kappa shape index (κ3) is 4.85. The minimum Gasteiger partial charge on any atom is -0.484 e. The normalized spacial score (nSPS) is 12.0. The first-order valence-corrected chi connectivity index (χ1v) is 8.62. The van der Waals surface area contributed by atoms with E-state index in [2.05, 4.69) is 45.1 Å². The molecule has 2 aromatic carbocycles. The minimum atomic E-state index is -0.144. The summed E-state index contributed by atoms with van der Waals surface area (Å²) in [4.78, 5) is 12.1. The summed E-state index contributed by atoms with van der Waals surface area (Å²) in [6.45, 7) is 8.61. The van der Waals surface area contributed by atoms with Crippen molar-refractivity contribution < 1.29 is 9.53 Å². The molecule has 1 amide bonds. The highest BCUT2D eigenvalue weighted by Gasteiger charge is 2.10. The number of amides is 1. The highest BCUT2D eigenvalue weighted by molar-refractivity contribution is 5.92. The minimum absolute atomic E-state index is 0.00904. The summed E-state index contributed by atoms with van der Waals surface area (Å²) in [6.07, 6.45) is 1.11. The van der Waals surface area contributed by atoms with Crippen LogP contribution in [-0.2, 0) is 4.79 Å². The van der Waals surface area contributed by atoms with Crippen LogP contribution in [0.25, 0.3) is 0 Å². The monoisotopic (exact) mass is 325 g/mol. The topological polar surface area (TPSA) is 38.3 Å². The number of benzene rings is 2. The molecule has 0 aliphatic rings. The zero-order valence-electron chi connectivity index (χ0n) is 15.0. The van der Waals surface area contributed by atoms with Crippen molar-refractivity contribution in [3.05, 3.63) is 59.7 Å². The SMILES string of the molecule is CC[C@@H](C)c1ccc(OCC(=O)Nc2ccccc2C(C)C)cc1. The molecule has 0 aliphatic heterocycles. The number of ether oxygens (including phenoxy) is 1. The van der Waals surface area contributed by atoms with Crippen molar-refractivity contribution in [2.45, 2.75) is 46.0 Å². The Morgan fingerprint density at radius 3 is 2.33 bits per heavy atom. The van der Waals surface area contributed by atoms with Gasteiger partial charge in [-0.05, 0) is 47.6 Å². The lowest BCUT2D eigenvalue weighted by Crippen LogP contribution is -2.21. The van der Waals surface area contributed by atoms with Gasteiger partial charge < -0.3 is 10.1 Å². The number of para-hydroxylation sites is 1. The van der Waals surface area contributed by atoms with Crippen molar-refractivity contribution in [2.75, 3.05) is 11.9 Å². The molecule has 0 heterocycles. The van der Waals surface area contributed by atoms with Crippen LogP contribution in [0.3, 0.4) is 0 Å². The van der Waals surface area contributed by atoms with Gasteiger partial charge in [0.2, 0.25) is 0 Å². The summed E-state index contributed by atoms with van der Waals surface area (Å²) in [7, 11) is 0. The molecule has 0 bridgehead atoms. The van der Waals surface area contributed by atoms with Gasteiger partial charge in [0.15, 0.2) is 6.61 Å². The number of hydrogen-bond donors (Lipinski definition) is 1. The van der Waals surface area contributed by atoms with Crippen molar-refractivity contribution in [1.29, 1.82) is 0 Å². The van der Waals surface area contributed by atoms with E-state index < -0.39 is 0 Å². The van der Waals surface area contributed by atoms with Gasteiger partial charge >= 0.3 is 0 Å². The van der Waals surface area contributed by atoms with E-state index in [0.717, 1.165) is 17.7 Å². The molecule has 2 rings (SSSR count). The Labute approximate surface area is 145 Å². The molecule has 2 aromatic rings. The van der Waals surface area contributed by atoms with Gasteiger partial charge in [-0.2, -0.15) is 0 Å². The lowest BCUT2D eigenvalue weighted by Gasteiger charge is -2.14. The van der Waals surface area contributed by atoms with Crippen LogP contribution in [0.15, 0.2) is 48.5 Å². The number of carbonyl (C=O) groups excluding carboxylic acids is 1. The zero-order valence-corrected chi connectivity index (χ0v) is 15.0. The predicted molar refractivity (Wildman–Crippen MR) is 99.8 cm³/mol. The Hall–Kier alpha value is -2.29. The van der Waals surface area contributed by atoms with Gasteiger partial charge in [-0.15, -0.1) is 0 Å². The van der Waals surface area contributed by atoms with E-state index in [1.807, 2.05) is 36.4 Å². The Morgan fingerprint density at radius 2 is 1.71 bits per heavy atom. The summed E-state index contributed by atoms with van der Waals surface area (Å²) < 4.78 is 5.60. The van der Waals surface area contributed by atoms with Crippen LogP contribution < -0.4 is 10.1 Å². The second-order valence-electron chi connectivity index (χ2n) is 6.46. The largest absolute Gasteiger partial charge is 0.484 e. The summed E-state index contributed by atoms with van der Waals surface area (Å²) in [5.74, 6) is 1.47. The molecular weight excluding hydrogens is 298 g/mol. The molecule has 0 saturated heterocycles. The van der Waals surface area contributed by atoms with E-state index in [1.165, 1.54) is 5.56 Å². The average Bonchev–Trinajstić information content (AvgIpc) is 2.60. The van der Waals surface area contributed by atoms with E-state index in [1.54, 1.807) is 0 Å². The van der Waals surface area contributed by atoms with Gasteiger partial charge in [0.05, 0.1) is 0 Å². The third-order valence-corrected chi connectivity index (χ3v) is 4.29. The average molecular weight is 325 g/mol. The maximum absolute atomic E-state index is 12.1. The fraction of sp³-hybridized carbons (Fsp3) is 0.381. The van der Waals surface area contributed by atoms with E-state index in [-0.39, 0.29) is 12.5 Å². The molecule has 0 spiro atoms. The van der Waals surface area contributed by atoms with Crippen LogP contribution in [0.2, 0.25) is 0 Å². The van der Waals surface area contributed by atoms with E-state index in [9.17, 15) is 4.79 Å². The fourth-order valence-corrected chi connectivity index (χ4v) is 2.58. The van der Waals surface area contributed by atoms with Crippen molar-refractivity contribution in [1.82, 2.24) is 0 Å². The number of anilines is 1. The van der Waals surface area contributed by atoms with Gasteiger partial charge in [-0.3, -0.25) is 4.79 Å². The van der Waals surface area contributed by atoms with Crippen molar-refractivity contribution in [2.24, 2.45) is 0 Å². The van der Waals surface area contributed by atoms with Gasteiger partial charge in [-0.25, -0.2) is 0 Å². The Morgan fingerprint density at radius 1 is 1.04 bits per heavy atom. The van der Waals surface area contributed by atoms with Crippen molar-refractivity contribution in [3.8, 4) is 5.75 Å². The van der Waals surface area contributed by atoms with E-state index in [0.29, 0.717) is 17.6 Å². The van der Waals surface area contributed by atoms with Crippen LogP contribution >= 0.6 is 0 Å². The van der Waals surface area contributed by atoms with Crippen molar-refractivity contribution in [3.63, 3.8) is 0 Å². The first kappa shape index (κ1) is 18.1. The van der Waals surface area contributed by atoms with Crippen LogP contribution in [0.5, 0.6) is 5.75 Å². The third-order valence-electron chi connectivity index (χ3n) is 4.29. The smallest absolute Gasteiger partial charge is 0.262 e. The molecule has 1 N–H and O–H groups in total. The Kier molecular flexibility index (Phi) is 6.42. The highest BCUT2D eigenvalue weighted by atomic mass is 16.5. The first-order chi connectivity index (χ1) is 11.5. The highest BCUT2D eigenvalue weighted by Crippen LogP contribution is 2.24. The number of carbonyl (C=O) groups is 1. The summed E-state index contributed by atoms with van der Waals surface area (Å²) >= 11 is 0. The van der Waals surface area contributed by atoms with E-state index >= 15 is 0 Å².